The van der Waals surface area contributed by atoms with Gasteiger partial charge in [0.25, 0.3) is 0 Å². The third kappa shape index (κ3) is 4.11. The monoisotopic (exact) mass is 438 g/mol. The quantitative estimate of drug-likeness (QED) is 0.664. The first-order valence-electron chi connectivity index (χ1n) is 10.3. The molecule has 0 unspecified atom stereocenters. The molecule has 2 aliphatic heterocycles. The van der Waals surface area contributed by atoms with Crippen molar-refractivity contribution in [2.45, 2.75) is 32.3 Å². The molecule has 0 bridgehead atoms. The Balaban J connectivity index is 1.39. The lowest BCUT2D eigenvalue weighted by Crippen LogP contribution is -2.35. The Morgan fingerprint density at radius 1 is 1.23 bits per heavy atom. The van der Waals surface area contributed by atoms with Crippen molar-refractivity contribution < 1.29 is 19.1 Å². The van der Waals surface area contributed by atoms with Crippen LogP contribution >= 0.6 is 11.3 Å². The van der Waals surface area contributed by atoms with Crippen molar-refractivity contribution in [3.63, 3.8) is 0 Å². The van der Waals surface area contributed by atoms with Crippen LogP contribution in [-0.2, 0) is 20.7 Å². The number of aromatic nitrogens is 2. The molecule has 0 aliphatic carbocycles. The van der Waals surface area contributed by atoms with Crippen molar-refractivity contribution in [3.05, 3.63) is 36.2 Å². The molecule has 1 fully saturated rings. The molecular weight excluding hydrogens is 416 g/mol. The van der Waals surface area contributed by atoms with E-state index in [1.165, 1.54) is 18.3 Å². The van der Waals surface area contributed by atoms with Crippen LogP contribution in [-0.4, -0.2) is 47.8 Å². The highest BCUT2D eigenvalue weighted by Crippen LogP contribution is 2.34. The predicted molar refractivity (Wildman–Crippen MR) is 119 cm³/mol. The second-order valence-electron chi connectivity index (χ2n) is 7.67. The van der Waals surface area contributed by atoms with E-state index in [4.69, 9.17) is 9.47 Å². The Kier molecular flexibility index (Phi) is 5.29. The van der Waals surface area contributed by atoms with Gasteiger partial charge in [-0.1, -0.05) is 17.4 Å². The molecule has 31 heavy (non-hydrogen) atoms. The number of benzene rings is 1. The highest BCUT2D eigenvalue weighted by atomic mass is 32.1. The minimum absolute atomic E-state index is 0.0898. The van der Waals surface area contributed by atoms with Crippen molar-refractivity contribution in [1.29, 1.82) is 0 Å². The summed E-state index contributed by atoms with van der Waals surface area (Å²) in [6.07, 6.45) is 3.62. The fourth-order valence-electron chi connectivity index (χ4n) is 3.90. The molecular formula is C22H22N4O4S. The van der Waals surface area contributed by atoms with Gasteiger partial charge >= 0.3 is 6.09 Å². The summed E-state index contributed by atoms with van der Waals surface area (Å²) in [5, 5.41) is 3.31. The van der Waals surface area contributed by atoms with Crippen molar-refractivity contribution in [2.24, 2.45) is 0 Å². The summed E-state index contributed by atoms with van der Waals surface area (Å²) in [4.78, 5) is 34.8. The topological polar surface area (TPSA) is 93.7 Å². The number of fused-ring (bicyclic) bond motifs is 2. The maximum Gasteiger partial charge on any atom is 0.414 e. The number of hydrogen-bond donors (Lipinski definition) is 1. The van der Waals surface area contributed by atoms with Crippen molar-refractivity contribution in [1.82, 2.24) is 9.97 Å². The van der Waals surface area contributed by atoms with Crippen LogP contribution in [0.4, 0.5) is 15.6 Å². The molecule has 1 N–H and O–H groups in total. The molecule has 160 valence electrons. The normalized spacial score (nSPS) is 16.4. The summed E-state index contributed by atoms with van der Waals surface area (Å²) in [7, 11) is 0. The highest BCUT2D eigenvalue weighted by molar-refractivity contribution is 7.22. The first-order chi connectivity index (χ1) is 15.1. The second-order valence-corrected chi connectivity index (χ2v) is 8.70. The van der Waals surface area contributed by atoms with E-state index in [0.29, 0.717) is 31.3 Å². The largest absolute Gasteiger partial charge is 0.446 e. The van der Waals surface area contributed by atoms with E-state index in [2.05, 4.69) is 15.3 Å². The molecule has 5 rings (SSSR count). The number of pyridine rings is 1. The summed E-state index contributed by atoms with van der Waals surface area (Å²) in [6.45, 7) is 3.29. The molecule has 1 aromatic carbocycles. The lowest BCUT2D eigenvalue weighted by Gasteiger charge is -2.25. The van der Waals surface area contributed by atoms with Crippen molar-refractivity contribution in [3.8, 4) is 11.1 Å². The highest BCUT2D eigenvalue weighted by Gasteiger charge is 2.29. The average Bonchev–Trinajstić information content (AvgIpc) is 3.36. The summed E-state index contributed by atoms with van der Waals surface area (Å²) in [5.74, 6) is -0.144. The maximum absolute atomic E-state index is 12.8. The van der Waals surface area contributed by atoms with Crippen LogP contribution in [0.15, 0.2) is 30.5 Å². The van der Waals surface area contributed by atoms with Crippen LogP contribution in [0, 0.1) is 0 Å². The number of rotatable bonds is 3. The van der Waals surface area contributed by atoms with Crippen molar-refractivity contribution >= 4 is 44.4 Å². The van der Waals surface area contributed by atoms with Gasteiger partial charge in [-0.3, -0.25) is 14.7 Å². The molecule has 0 saturated carbocycles. The molecule has 0 spiro atoms. The SMILES string of the molecule is CC(=O)Nc1nc2ccc(-c3cnc4c(c3)N(C(=O)OC3CCOCC3)CC4)cc2s1. The standard InChI is InChI=1S/C22H22N4O4S/c1-13(27)24-21-25-18-3-2-14(11-20(18)31-21)15-10-19-17(23-12-15)4-7-26(19)22(28)30-16-5-8-29-9-6-16/h2-3,10-12,16H,4-9H2,1H3,(H,24,25,27). The summed E-state index contributed by atoms with van der Waals surface area (Å²) in [6, 6.07) is 7.93. The zero-order chi connectivity index (χ0) is 21.4. The summed E-state index contributed by atoms with van der Waals surface area (Å²) < 4.78 is 12.0. The molecule has 2 aromatic heterocycles. The number of carbonyl (C=O) groups is 2. The lowest BCUT2D eigenvalue weighted by atomic mass is 10.1. The van der Waals surface area contributed by atoms with Gasteiger partial charge in [-0.25, -0.2) is 9.78 Å². The van der Waals surface area contributed by atoms with E-state index >= 15 is 0 Å². The van der Waals surface area contributed by atoms with Crippen LogP contribution < -0.4 is 10.2 Å². The van der Waals surface area contributed by atoms with E-state index < -0.39 is 0 Å². The Morgan fingerprint density at radius 3 is 2.87 bits per heavy atom. The molecule has 2 aliphatic rings. The van der Waals surface area contributed by atoms with Gasteiger partial charge in [0.2, 0.25) is 5.91 Å². The summed E-state index contributed by atoms with van der Waals surface area (Å²) in [5.41, 5.74) is 4.43. The molecule has 1 saturated heterocycles. The number of anilines is 2. The smallest absolute Gasteiger partial charge is 0.414 e. The zero-order valence-electron chi connectivity index (χ0n) is 17.1. The fraction of sp³-hybridized carbons (Fsp3) is 0.364. The number of nitrogens with zero attached hydrogens (tertiary/aromatic N) is 3. The molecule has 0 atom stereocenters. The van der Waals surface area contributed by atoms with Gasteiger partial charge in [-0.15, -0.1) is 0 Å². The van der Waals surface area contributed by atoms with Gasteiger partial charge in [0.1, 0.15) is 6.10 Å². The molecule has 9 heteroatoms. The van der Waals surface area contributed by atoms with Gasteiger partial charge in [0.05, 0.1) is 34.8 Å². The van der Waals surface area contributed by atoms with E-state index in [0.717, 1.165) is 45.6 Å². The first-order valence-corrected chi connectivity index (χ1v) is 11.1. The fourth-order valence-corrected chi connectivity index (χ4v) is 4.85. The molecule has 3 aromatic rings. The maximum atomic E-state index is 12.8. The van der Waals surface area contributed by atoms with Crippen LogP contribution in [0.2, 0.25) is 0 Å². The number of amides is 2. The van der Waals surface area contributed by atoms with E-state index in [9.17, 15) is 9.59 Å². The van der Waals surface area contributed by atoms with Gasteiger partial charge in [-0.2, -0.15) is 0 Å². The molecule has 2 amide bonds. The average molecular weight is 439 g/mol. The molecule has 4 heterocycles. The minimum Gasteiger partial charge on any atom is -0.446 e. The number of carbonyl (C=O) groups excluding carboxylic acids is 2. The zero-order valence-corrected chi connectivity index (χ0v) is 17.9. The number of ether oxygens (including phenoxy) is 2. The van der Waals surface area contributed by atoms with Crippen LogP contribution in [0.1, 0.15) is 25.5 Å². The van der Waals surface area contributed by atoms with Gasteiger partial charge in [0, 0.05) is 44.5 Å². The molecule has 8 nitrogen and oxygen atoms in total. The number of thiazole rings is 1. The number of hydrogen-bond acceptors (Lipinski definition) is 7. The first kappa shape index (κ1) is 19.9. The van der Waals surface area contributed by atoms with Gasteiger partial charge in [-0.05, 0) is 23.8 Å². The molecule has 0 radical (unpaired) electrons. The Labute approximate surface area is 183 Å². The lowest BCUT2D eigenvalue weighted by molar-refractivity contribution is -0.114. The van der Waals surface area contributed by atoms with E-state index in [1.807, 2.05) is 30.5 Å². The summed E-state index contributed by atoms with van der Waals surface area (Å²) >= 11 is 1.43. The Hall–Kier alpha value is -3.04. The van der Waals surface area contributed by atoms with Gasteiger partial charge in [0.15, 0.2) is 5.13 Å². The van der Waals surface area contributed by atoms with E-state index in [-0.39, 0.29) is 18.1 Å². The van der Waals surface area contributed by atoms with Gasteiger partial charge < -0.3 is 14.8 Å². The Morgan fingerprint density at radius 2 is 2.06 bits per heavy atom. The predicted octanol–water partition coefficient (Wildman–Crippen LogP) is 3.99. The number of nitrogens with one attached hydrogen (secondary N) is 1. The second kappa shape index (κ2) is 8.24. The van der Waals surface area contributed by atoms with Crippen LogP contribution in [0.5, 0.6) is 0 Å². The van der Waals surface area contributed by atoms with Crippen molar-refractivity contribution in [2.75, 3.05) is 30.0 Å². The third-order valence-electron chi connectivity index (χ3n) is 5.47. The third-order valence-corrected chi connectivity index (χ3v) is 6.40. The minimum atomic E-state index is -0.317. The van der Waals surface area contributed by atoms with Crippen LogP contribution in [0.3, 0.4) is 0 Å². The Bertz CT molecular complexity index is 1160. The van der Waals surface area contributed by atoms with E-state index in [1.54, 1.807) is 4.90 Å². The van der Waals surface area contributed by atoms with Crippen LogP contribution in [0.25, 0.3) is 21.3 Å².